The summed E-state index contributed by atoms with van der Waals surface area (Å²) < 4.78 is 22.6. The van der Waals surface area contributed by atoms with Crippen molar-refractivity contribution >= 4 is 6.21 Å². The second-order valence-electron chi connectivity index (χ2n) is 1.13. The summed E-state index contributed by atoms with van der Waals surface area (Å²) >= 11 is 0. The van der Waals surface area contributed by atoms with E-state index in [4.69, 9.17) is 0 Å². The Morgan fingerprint density at radius 1 is 1.71 bits per heavy atom. The standard InChI is InChI=1S/C4H2F2N/c5-4(6)3-1-7-2-3/h1,4H/q-1. The molecule has 0 radical (unpaired) electrons. The Bertz CT molecular complexity index is 126. The molecule has 0 aromatic rings. The Kier molecular flexibility index (Phi) is 0.889. The highest BCUT2D eigenvalue weighted by Crippen LogP contribution is 2.10. The molecule has 0 unspecified atom stereocenters. The van der Waals surface area contributed by atoms with E-state index in [1.807, 2.05) is 0 Å². The lowest BCUT2D eigenvalue weighted by molar-refractivity contribution is 0.196. The molecule has 7 heavy (non-hydrogen) atoms. The minimum Gasteiger partial charge on any atom is -0.393 e. The van der Waals surface area contributed by atoms with Crippen molar-refractivity contribution in [2.45, 2.75) is 6.43 Å². The lowest BCUT2D eigenvalue weighted by atomic mass is 10.3. The number of halogens is 2. The molecule has 0 saturated carbocycles. The molecule has 1 heterocycles. The van der Waals surface area contributed by atoms with Crippen molar-refractivity contribution in [2.24, 2.45) is 4.99 Å². The van der Waals surface area contributed by atoms with Gasteiger partial charge < -0.3 is 4.99 Å². The maximum atomic E-state index is 11.3. The van der Waals surface area contributed by atoms with Crippen molar-refractivity contribution in [3.8, 4) is 0 Å². The van der Waals surface area contributed by atoms with Gasteiger partial charge >= 0.3 is 0 Å². The van der Waals surface area contributed by atoms with Gasteiger partial charge in [0.1, 0.15) is 0 Å². The Morgan fingerprint density at radius 3 is 2.29 bits per heavy atom. The average molecular weight is 102 g/mol. The Hall–Kier alpha value is -0.730. The molecule has 38 valence electrons. The predicted molar refractivity (Wildman–Crippen MR) is 21.5 cm³/mol. The molecule has 0 spiro atoms. The van der Waals surface area contributed by atoms with Crippen LogP contribution in [0, 0.1) is 0 Å². The molecule has 0 aromatic heterocycles. The summed E-state index contributed by atoms with van der Waals surface area (Å²) in [5, 5.41) is 0. The number of hydrogen-bond acceptors (Lipinski definition) is 1. The van der Waals surface area contributed by atoms with E-state index in [-0.39, 0.29) is 5.57 Å². The number of nitrogens with zero attached hydrogens (tertiary/aromatic N) is 1. The first-order valence-corrected chi connectivity index (χ1v) is 1.75. The summed E-state index contributed by atoms with van der Waals surface area (Å²) in [5.74, 6) is 0. The normalized spacial score (nSPS) is 16.7. The van der Waals surface area contributed by atoms with Crippen LogP contribution in [-0.2, 0) is 0 Å². The number of aliphatic imine (C=N–C) groups is 1. The van der Waals surface area contributed by atoms with E-state index in [1.165, 1.54) is 0 Å². The number of rotatable bonds is 1. The molecule has 1 rings (SSSR count). The molecule has 1 aliphatic heterocycles. The van der Waals surface area contributed by atoms with Crippen molar-refractivity contribution in [3.63, 3.8) is 0 Å². The lowest BCUT2D eigenvalue weighted by Gasteiger charge is -2.09. The summed E-state index contributed by atoms with van der Waals surface area (Å²) in [4.78, 5) is 3.23. The Balaban J connectivity index is 2.43. The van der Waals surface area contributed by atoms with Crippen LogP contribution in [0.2, 0.25) is 0 Å². The molecule has 0 aromatic carbocycles. The highest BCUT2D eigenvalue weighted by molar-refractivity contribution is 5.85. The fourth-order valence-corrected chi connectivity index (χ4v) is 0.244. The van der Waals surface area contributed by atoms with Gasteiger partial charge in [0.2, 0.25) is 6.43 Å². The van der Waals surface area contributed by atoms with E-state index >= 15 is 0 Å². The minimum atomic E-state index is -2.39. The van der Waals surface area contributed by atoms with E-state index in [2.05, 4.69) is 11.2 Å². The molecule has 1 nitrogen and oxygen atoms in total. The fourth-order valence-electron chi connectivity index (χ4n) is 0.244. The SMILES string of the molecule is FC(F)C1=CN=[C-]1. The van der Waals surface area contributed by atoms with E-state index in [0.29, 0.717) is 0 Å². The third-order valence-electron chi connectivity index (χ3n) is 0.632. The van der Waals surface area contributed by atoms with Gasteiger partial charge in [-0.15, -0.1) is 0 Å². The Labute approximate surface area is 39.4 Å². The number of hydrogen-bond donors (Lipinski definition) is 0. The van der Waals surface area contributed by atoms with E-state index in [0.717, 1.165) is 6.20 Å². The van der Waals surface area contributed by atoms with Crippen LogP contribution in [0.5, 0.6) is 0 Å². The number of alkyl halides is 2. The molecule has 0 saturated heterocycles. The van der Waals surface area contributed by atoms with Gasteiger partial charge in [0, 0.05) is 0 Å². The van der Waals surface area contributed by atoms with Crippen LogP contribution < -0.4 is 0 Å². The average Bonchev–Trinajstić information content (AvgIpc) is 1.23. The molecular weight excluding hydrogens is 100 g/mol. The van der Waals surface area contributed by atoms with Crippen LogP contribution in [-0.4, -0.2) is 12.6 Å². The second-order valence-corrected chi connectivity index (χ2v) is 1.13. The topological polar surface area (TPSA) is 12.4 Å². The zero-order valence-corrected chi connectivity index (χ0v) is 3.36. The highest BCUT2D eigenvalue weighted by Gasteiger charge is 2.04. The van der Waals surface area contributed by atoms with Gasteiger partial charge in [-0.2, -0.15) is 0 Å². The minimum absolute atomic E-state index is 0.0972. The maximum Gasteiger partial charge on any atom is 0.244 e. The summed E-state index contributed by atoms with van der Waals surface area (Å²) in [5.41, 5.74) is -0.0972. The molecular formula is C4H2F2N-. The zero-order chi connectivity index (χ0) is 5.28. The third-order valence-corrected chi connectivity index (χ3v) is 0.632. The predicted octanol–water partition coefficient (Wildman–Crippen LogP) is 1.10. The first kappa shape index (κ1) is 4.43. The van der Waals surface area contributed by atoms with Crippen LogP contribution in [0.3, 0.4) is 0 Å². The van der Waals surface area contributed by atoms with Gasteiger partial charge in [-0.3, -0.25) is 0 Å². The van der Waals surface area contributed by atoms with Crippen molar-refractivity contribution in [3.05, 3.63) is 11.8 Å². The molecule has 0 fully saturated rings. The van der Waals surface area contributed by atoms with Crippen LogP contribution in [0.15, 0.2) is 16.8 Å². The first-order valence-electron chi connectivity index (χ1n) is 1.75. The quantitative estimate of drug-likeness (QED) is 0.439. The van der Waals surface area contributed by atoms with Gasteiger partial charge in [-0.1, -0.05) is 18.0 Å². The highest BCUT2D eigenvalue weighted by atomic mass is 19.3. The van der Waals surface area contributed by atoms with E-state index in [9.17, 15) is 8.78 Å². The maximum absolute atomic E-state index is 11.3. The van der Waals surface area contributed by atoms with E-state index in [1.54, 1.807) is 0 Å². The largest absolute Gasteiger partial charge is 0.393 e. The first-order chi connectivity index (χ1) is 3.30. The Morgan fingerprint density at radius 2 is 2.29 bits per heavy atom. The van der Waals surface area contributed by atoms with Crippen LogP contribution >= 0.6 is 0 Å². The molecule has 0 atom stereocenters. The molecule has 0 aliphatic carbocycles. The van der Waals surface area contributed by atoms with Crippen molar-refractivity contribution in [1.29, 1.82) is 0 Å². The zero-order valence-electron chi connectivity index (χ0n) is 3.36. The van der Waals surface area contributed by atoms with Crippen molar-refractivity contribution in [2.75, 3.05) is 0 Å². The third kappa shape index (κ3) is 0.656. The van der Waals surface area contributed by atoms with Crippen LogP contribution in [0.4, 0.5) is 8.78 Å². The van der Waals surface area contributed by atoms with Gasteiger partial charge in [-0.05, 0) is 0 Å². The van der Waals surface area contributed by atoms with Gasteiger partial charge in [0.15, 0.2) is 0 Å². The summed E-state index contributed by atoms with van der Waals surface area (Å²) in [6.45, 7) is 0. The molecule has 1 aliphatic rings. The van der Waals surface area contributed by atoms with Gasteiger partial charge in [-0.25, -0.2) is 8.78 Å². The van der Waals surface area contributed by atoms with Gasteiger partial charge in [0.05, 0.1) is 0 Å². The molecule has 0 N–H and O–H groups in total. The smallest absolute Gasteiger partial charge is 0.244 e. The fraction of sp³-hybridized carbons (Fsp3) is 0.250. The molecule has 3 heteroatoms. The summed E-state index contributed by atoms with van der Waals surface area (Å²) in [7, 11) is 0. The summed E-state index contributed by atoms with van der Waals surface area (Å²) in [6.07, 6.45) is 0.792. The summed E-state index contributed by atoms with van der Waals surface area (Å²) in [6, 6.07) is 0. The van der Waals surface area contributed by atoms with Gasteiger partial charge in [0.25, 0.3) is 0 Å². The van der Waals surface area contributed by atoms with Crippen LogP contribution in [0.1, 0.15) is 0 Å². The molecule has 0 amide bonds. The van der Waals surface area contributed by atoms with Crippen molar-refractivity contribution < 1.29 is 8.78 Å². The van der Waals surface area contributed by atoms with E-state index < -0.39 is 6.43 Å². The van der Waals surface area contributed by atoms with Crippen molar-refractivity contribution in [1.82, 2.24) is 0 Å². The second kappa shape index (κ2) is 1.40. The number of allylic oxidation sites excluding steroid dienone is 1. The lowest BCUT2D eigenvalue weighted by Crippen LogP contribution is -2.02. The molecule has 0 bridgehead atoms. The van der Waals surface area contributed by atoms with Crippen LogP contribution in [0.25, 0.3) is 0 Å². The monoisotopic (exact) mass is 102 g/mol.